The number of pyridine rings is 1. The summed E-state index contributed by atoms with van der Waals surface area (Å²) >= 11 is 0. The number of rotatable bonds is 5. The molecule has 5 heteroatoms. The minimum atomic E-state index is 0.594. The Morgan fingerprint density at radius 2 is 0.957 bits per heavy atom. The SMILES string of the molecule is c1ccc(-c2cccc(-c3nc(-c4ccccc4)nc(-c4ccccc4-c4c5ccccc5nc5oc6ccccc6c45)n3)c2)cc1. The van der Waals surface area contributed by atoms with E-state index in [0.717, 1.165) is 66.2 Å². The van der Waals surface area contributed by atoms with Crippen LogP contribution in [0.3, 0.4) is 0 Å². The smallest absolute Gasteiger partial charge is 0.228 e. The summed E-state index contributed by atoms with van der Waals surface area (Å²) in [6.45, 7) is 0. The third-order valence-electron chi connectivity index (χ3n) is 8.55. The molecule has 0 bridgehead atoms. The van der Waals surface area contributed by atoms with Gasteiger partial charge < -0.3 is 4.42 Å². The summed E-state index contributed by atoms with van der Waals surface area (Å²) in [5, 5.41) is 3.02. The van der Waals surface area contributed by atoms with E-state index in [0.29, 0.717) is 23.2 Å². The summed E-state index contributed by atoms with van der Waals surface area (Å²) in [5.41, 5.74) is 9.29. The Morgan fingerprint density at radius 1 is 0.383 bits per heavy atom. The molecular weight excluding hydrogens is 576 g/mol. The van der Waals surface area contributed by atoms with Gasteiger partial charge in [0, 0.05) is 33.0 Å². The van der Waals surface area contributed by atoms with Gasteiger partial charge in [0.2, 0.25) is 5.71 Å². The van der Waals surface area contributed by atoms with Gasteiger partial charge in [0.05, 0.1) is 10.9 Å². The van der Waals surface area contributed by atoms with E-state index in [1.807, 2.05) is 72.8 Å². The lowest BCUT2D eigenvalue weighted by atomic mass is 9.92. The molecule has 3 aromatic heterocycles. The summed E-state index contributed by atoms with van der Waals surface area (Å²) in [4.78, 5) is 20.2. The Hall–Kier alpha value is -6.46. The molecule has 0 saturated heterocycles. The second kappa shape index (κ2) is 11.2. The Bertz CT molecular complexity index is 2580. The maximum absolute atomic E-state index is 6.32. The van der Waals surface area contributed by atoms with E-state index in [9.17, 15) is 0 Å². The fourth-order valence-electron chi connectivity index (χ4n) is 6.37. The van der Waals surface area contributed by atoms with Crippen LogP contribution in [0, 0.1) is 0 Å². The molecule has 3 heterocycles. The Labute approximate surface area is 270 Å². The number of hydrogen-bond acceptors (Lipinski definition) is 5. The lowest BCUT2D eigenvalue weighted by Gasteiger charge is -2.14. The summed E-state index contributed by atoms with van der Waals surface area (Å²) in [5.74, 6) is 1.82. The molecule has 5 nitrogen and oxygen atoms in total. The zero-order chi connectivity index (χ0) is 31.2. The van der Waals surface area contributed by atoms with Crippen LogP contribution in [0.15, 0.2) is 162 Å². The molecule has 0 aliphatic rings. The Kier molecular flexibility index (Phi) is 6.39. The van der Waals surface area contributed by atoms with Crippen LogP contribution >= 0.6 is 0 Å². The van der Waals surface area contributed by atoms with Crippen molar-refractivity contribution in [3.05, 3.63) is 158 Å². The summed E-state index contributed by atoms with van der Waals surface area (Å²) < 4.78 is 6.32. The number of furan rings is 1. The molecule has 0 atom stereocenters. The highest BCUT2D eigenvalue weighted by molar-refractivity contribution is 6.19. The van der Waals surface area contributed by atoms with Gasteiger partial charge in [-0.15, -0.1) is 0 Å². The van der Waals surface area contributed by atoms with Gasteiger partial charge in [-0.2, -0.15) is 0 Å². The fourth-order valence-corrected chi connectivity index (χ4v) is 6.37. The first kappa shape index (κ1) is 26.9. The van der Waals surface area contributed by atoms with Crippen LogP contribution in [0.4, 0.5) is 0 Å². The van der Waals surface area contributed by atoms with E-state index in [1.165, 1.54) is 0 Å². The van der Waals surface area contributed by atoms with Crippen LogP contribution in [0.1, 0.15) is 0 Å². The van der Waals surface area contributed by atoms with Crippen LogP contribution in [-0.4, -0.2) is 19.9 Å². The number of benzene rings is 6. The highest BCUT2D eigenvalue weighted by atomic mass is 16.3. The number of fused-ring (bicyclic) bond motifs is 4. The minimum Gasteiger partial charge on any atom is -0.438 e. The molecule has 0 amide bonds. The zero-order valence-electron chi connectivity index (χ0n) is 25.2. The van der Waals surface area contributed by atoms with Crippen molar-refractivity contribution in [2.24, 2.45) is 0 Å². The van der Waals surface area contributed by atoms with Gasteiger partial charge in [-0.05, 0) is 34.9 Å². The average Bonchev–Trinajstić information content (AvgIpc) is 3.52. The van der Waals surface area contributed by atoms with Crippen molar-refractivity contribution in [2.75, 3.05) is 0 Å². The van der Waals surface area contributed by atoms with Crippen molar-refractivity contribution in [3.8, 4) is 56.4 Å². The highest BCUT2D eigenvalue weighted by Gasteiger charge is 2.22. The molecule has 9 rings (SSSR count). The largest absolute Gasteiger partial charge is 0.438 e. The maximum Gasteiger partial charge on any atom is 0.228 e. The van der Waals surface area contributed by atoms with E-state index in [4.69, 9.17) is 24.4 Å². The predicted octanol–water partition coefficient (Wildman–Crippen LogP) is 10.7. The van der Waals surface area contributed by atoms with E-state index in [1.54, 1.807) is 0 Å². The van der Waals surface area contributed by atoms with Gasteiger partial charge in [-0.3, -0.25) is 0 Å². The van der Waals surface area contributed by atoms with Crippen molar-refractivity contribution in [2.45, 2.75) is 0 Å². The van der Waals surface area contributed by atoms with Crippen molar-refractivity contribution in [1.82, 2.24) is 19.9 Å². The molecule has 0 aliphatic heterocycles. The number of nitrogens with zero attached hydrogens (tertiary/aromatic N) is 4. The molecule has 6 aromatic carbocycles. The van der Waals surface area contributed by atoms with E-state index in [2.05, 4.69) is 84.9 Å². The third-order valence-corrected chi connectivity index (χ3v) is 8.55. The second-order valence-corrected chi connectivity index (χ2v) is 11.4. The van der Waals surface area contributed by atoms with Gasteiger partial charge >= 0.3 is 0 Å². The van der Waals surface area contributed by atoms with E-state index in [-0.39, 0.29) is 0 Å². The minimum absolute atomic E-state index is 0.594. The molecule has 0 N–H and O–H groups in total. The quantitative estimate of drug-likeness (QED) is 0.196. The monoisotopic (exact) mass is 602 g/mol. The fraction of sp³-hybridized carbons (Fsp3) is 0. The zero-order valence-corrected chi connectivity index (χ0v) is 25.2. The van der Waals surface area contributed by atoms with Crippen LogP contribution in [-0.2, 0) is 0 Å². The van der Waals surface area contributed by atoms with Crippen LogP contribution in [0.5, 0.6) is 0 Å². The molecule has 9 aromatic rings. The lowest BCUT2D eigenvalue weighted by molar-refractivity contribution is 0.656. The van der Waals surface area contributed by atoms with Crippen molar-refractivity contribution < 1.29 is 4.42 Å². The summed E-state index contributed by atoms with van der Waals surface area (Å²) in [6, 6.07) is 53.5. The number of para-hydroxylation sites is 2. The van der Waals surface area contributed by atoms with E-state index < -0.39 is 0 Å². The lowest BCUT2D eigenvalue weighted by Crippen LogP contribution is -2.01. The number of aromatic nitrogens is 4. The van der Waals surface area contributed by atoms with Crippen molar-refractivity contribution in [1.29, 1.82) is 0 Å². The summed E-state index contributed by atoms with van der Waals surface area (Å²) in [7, 11) is 0. The van der Waals surface area contributed by atoms with Crippen LogP contribution in [0.2, 0.25) is 0 Å². The van der Waals surface area contributed by atoms with Gasteiger partial charge in [0.1, 0.15) is 5.58 Å². The van der Waals surface area contributed by atoms with Gasteiger partial charge in [-0.1, -0.05) is 140 Å². The molecule has 0 fully saturated rings. The molecule has 0 unspecified atom stereocenters. The van der Waals surface area contributed by atoms with E-state index >= 15 is 0 Å². The molecule has 0 saturated carbocycles. The molecular formula is C42H26N4O. The van der Waals surface area contributed by atoms with Gasteiger partial charge in [-0.25, -0.2) is 19.9 Å². The second-order valence-electron chi connectivity index (χ2n) is 11.4. The highest BCUT2D eigenvalue weighted by Crippen LogP contribution is 2.43. The van der Waals surface area contributed by atoms with Crippen molar-refractivity contribution in [3.63, 3.8) is 0 Å². The molecule has 220 valence electrons. The number of hydrogen-bond donors (Lipinski definition) is 0. The van der Waals surface area contributed by atoms with Gasteiger partial charge in [0.25, 0.3) is 0 Å². The normalized spacial score (nSPS) is 11.4. The average molecular weight is 603 g/mol. The standard InChI is InChI=1S/C42H26N4O/c1-3-14-27(15-4-1)29-18-13-19-30(26-29)40-44-39(28-16-5-2-6-17-28)45-41(46-40)32-21-8-7-20-31(32)37-33-22-9-11-24-35(33)43-42-38(37)34-23-10-12-25-36(34)47-42/h1-26H. The topological polar surface area (TPSA) is 64.7 Å². The maximum atomic E-state index is 6.32. The molecule has 0 aliphatic carbocycles. The Balaban J connectivity index is 1.32. The predicted molar refractivity (Wildman–Crippen MR) is 190 cm³/mol. The molecule has 0 spiro atoms. The van der Waals surface area contributed by atoms with Crippen LogP contribution in [0.25, 0.3) is 89.4 Å². The van der Waals surface area contributed by atoms with Crippen molar-refractivity contribution >= 4 is 33.0 Å². The summed E-state index contributed by atoms with van der Waals surface area (Å²) in [6.07, 6.45) is 0. The van der Waals surface area contributed by atoms with Crippen LogP contribution < -0.4 is 0 Å². The first-order valence-electron chi connectivity index (χ1n) is 15.6. The first-order valence-corrected chi connectivity index (χ1v) is 15.6. The first-order chi connectivity index (χ1) is 23.3. The molecule has 47 heavy (non-hydrogen) atoms. The third kappa shape index (κ3) is 4.73. The molecule has 0 radical (unpaired) electrons. The van der Waals surface area contributed by atoms with Gasteiger partial charge in [0.15, 0.2) is 17.5 Å². The Morgan fingerprint density at radius 3 is 1.77 bits per heavy atom.